The first kappa shape index (κ1) is 12.3. The maximum absolute atomic E-state index is 11.8. The van der Waals surface area contributed by atoms with Gasteiger partial charge in [-0.2, -0.15) is 0 Å². The Morgan fingerprint density at radius 3 is 2.00 bits per heavy atom. The SMILES string of the molecule is C=CCc1ccc([O])c(CC=C)c1CC=C. The highest BCUT2D eigenvalue weighted by molar-refractivity contribution is 5.46. The Balaban J connectivity index is 3.28. The highest BCUT2D eigenvalue weighted by Crippen LogP contribution is 2.27. The summed E-state index contributed by atoms with van der Waals surface area (Å²) in [6.45, 7) is 11.2. The Morgan fingerprint density at radius 1 is 0.875 bits per heavy atom. The van der Waals surface area contributed by atoms with Crippen LogP contribution in [0.15, 0.2) is 50.1 Å². The van der Waals surface area contributed by atoms with Crippen molar-refractivity contribution in [1.82, 2.24) is 0 Å². The molecule has 0 aliphatic rings. The molecule has 0 saturated heterocycles. The topological polar surface area (TPSA) is 19.9 Å². The predicted molar refractivity (Wildman–Crippen MR) is 68.3 cm³/mol. The van der Waals surface area contributed by atoms with E-state index in [4.69, 9.17) is 0 Å². The van der Waals surface area contributed by atoms with Gasteiger partial charge in [-0.05, 0) is 36.5 Å². The molecule has 0 spiro atoms. The van der Waals surface area contributed by atoms with E-state index in [0.717, 1.165) is 29.5 Å². The summed E-state index contributed by atoms with van der Waals surface area (Å²) in [5.41, 5.74) is 3.09. The molecule has 1 radical (unpaired) electrons. The zero-order valence-corrected chi connectivity index (χ0v) is 9.54. The summed E-state index contributed by atoms with van der Waals surface area (Å²) in [6, 6.07) is 3.51. The lowest BCUT2D eigenvalue weighted by molar-refractivity contribution is 0.350. The Kier molecular flexibility index (Phi) is 4.59. The molecule has 0 aromatic heterocycles. The Morgan fingerprint density at radius 2 is 1.44 bits per heavy atom. The summed E-state index contributed by atoms with van der Waals surface area (Å²) in [5.74, 6) is 0.0876. The lowest BCUT2D eigenvalue weighted by Crippen LogP contribution is -1.98. The van der Waals surface area contributed by atoms with Gasteiger partial charge in [0, 0.05) is 5.56 Å². The molecule has 1 aromatic rings. The molecule has 0 atom stereocenters. The molecule has 0 heterocycles. The first-order valence-corrected chi connectivity index (χ1v) is 5.37. The highest BCUT2D eigenvalue weighted by Gasteiger charge is 2.11. The molecule has 1 rings (SSSR count). The minimum absolute atomic E-state index is 0.0876. The molecule has 0 N–H and O–H groups in total. The predicted octanol–water partition coefficient (Wildman–Crippen LogP) is 4.02. The molecular weight excluding hydrogens is 196 g/mol. The largest absolute Gasteiger partial charge is 0.290 e. The molecule has 0 amide bonds. The van der Waals surface area contributed by atoms with E-state index >= 15 is 0 Å². The second-order valence-electron chi connectivity index (χ2n) is 3.66. The maximum atomic E-state index is 11.8. The van der Waals surface area contributed by atoms with Crippen molar-refractivity contribution in [2.45, 2.75) is 19.3 Å². The van der Waals surface area contributed by atoms with Crippen LogP contribution in [0.1, 0.15) is 16.7 Å². The standard InChI is InChI=1S/C15H17O/c1-4-7-12-10-11-15(16)14(9-6-3)13(12)8-5-2/h4-6,10-11H,1-3,7-9H2. The Labute approximate surface area is 97.4 Å². The zero-order valence-electron chi connectivity index (χ0n) is 9.54. The average molecular weight is 213 g/mol. The molecule has 16 heavy (non-hydrogen) atoms. The third-order valence-corrected chi connectivity index (χ3v) is 2.55. The Hall–Kier alpha value is -1.76. The van der Waals surface area contributed by atoms with E-state index in [1.807, 2.05) is 18.2 Å². The lowest BCUT2D eigenvalue weighted by Gasteiger charge is -2.12. The van der Waals surface area contributed by atoms with Crippen LogP contribution in [0.4, 0.5) is 0 Å². The van der Waals surface area contributed by atoms with Crippen LogP contribution in [-0.4, -0.2) is 0 Å². The highest BCUT2D eigenvalue weighted by atomic mass is 16.3. The van der Waals surface area contributed by atoms with Crippen molar-refractivity contribution in [2.75, 3.05) is 0 Å². The van der Waals surface area contributed by atoms with Crippen LogP contribution in [0.3, 0.4) is 0 Å². The molecule has 0 aliphatic carbocycles. The van der Waals surface area contributed by atoms with Gasteiger partial charge in [-0.3, -0.25) is 5.11 Å². The number of benzene rings is 1. The van der Waals surface area contributed by atoms with E-state index in [1.54, 1.807) is 12.1 Å². The first-order valence-electron chi connectivity index (χ1n) is 5.37. The molecule has 0 unspecified atom stereocenters. The summed E-state index contributed by atoms with van der Waals surface area (Å²) in [6.07, 6.45) is 7.57. The van der Waals surface area contributed by atoms with Crippen molar-refractivity contribution in [3.8, 4) is 5.75 Å². The van der Waals surface area contributed by atoms with Crippen molar-refractivity contribution in [1.29, 1.82) is 0 Å². The van der Waals surface area contributed by atoms with Crippen LogP contribution in [0.2, 0.25) is 0 Å². The third kappa shape index (κ3) is 2.63. The van der Waals surface area contributed by atoms with E-state index in [0.29, 0.717) is 6.42 Å². The van der Waals surface area contributed by atoms with E-state index < -0.39 is 0 Å². The average Bonchev–Trinajstić information content (AvgIpc) is 2.27. The van der Waals surface area contributed by atoms with Gasteiger partial charge in [0.1, 0.15) is 0 Å². The van der Waals surface area contributed by atoms with Gasteiger partial charge >= 0.3 is 0 Å². The van der Waals surface area contributed by atoms with Gasteiger partial charge in [-0.15, -0.1) is 19.7 Å². The molecule has 0 saturated carbocycles. The van der Waals surface area contributed by atoms with Crippen LogP contribution < -0.4 is 0 Å². The van der Waals surface area contributed by atoms with Gasteiger partial charge in [0.2, 0.25) is 0 Å². The van der Waals surface area contributed by atoms with E-state index in [9.17, 15) is 5.11 Å². The van der Waals surface area contributed by atoms with Crippen LogP contribution in [0, 0.1) is 0 Å². The van der Waals surface area contributed by atoms with Crippen molar-refractivity contribution in [3.63, 3.8) is 0 Å². The van der Waals surface area contributed by atoms with Crippen LogP contribution in [0.25, 0.3) is 0 Å². The summed E-state index contributed by atoms with van der Waals surface area (Å²) in [7, 11) is 0. The molecule has 0 fully saturated rings. The van der Waals surface area contributed by atoms with Crippen LogP contribution in [0.5, 0.6) is 5.75 Å². The normalized spacial score (nSPS) is 9.75. The number of hydrogen-bond donors (Lipinski definition) is 0. The molecule has 1 nitrogen and oxygen atoms in total. The second-order valence-corrected chi connectivity index (χ2v) is 3.66. The molecule has 1 heteroatoms. The maximum Gasteiger partial charge on any atom is 0.182 e. The fraction of sp³-hybridized carbons (Fsp3) is 0.200. The van der Waals surface area contributed by atoms with Crippen molar-refractivity contribution < 1.29 is 5.11 Å². The number of hydrogen-bond acceptors (Lipinski definition) is 0. The molecule has 0 aliphatic heterocycles. The Bertz CT molecular complexity index is 402. The first-order chi connectivity index (χ1) is 7.74. The fourth-order valence-electron chi connectivity index (χ4n) is 1.83. The van der Waals surface area contributed by atoms with Gasteiger partial charge < -0.3 is 0 Å². The van der Waals surface area contributed by atoms with Crippen molar-refractivity contribution in [2.24, 2.45) is 0 Å². The quantitative estimate of drug-likeness (QED) is 0.636. The summed E-state index contributed by atoms with van der Waals surface area (Å²) >= 11 is 0. The van der Waals surface area contributed by atoms with E-state index in [1.165, 1.54) is 0 Å². The smallest absolute Gasteiger partial charge is 0.182 e. The van der Waals surface area contributed by atoms with Gasteiger partial charge in [-0.1, -0.05) is 24.3 Å². The second kappa shape index (κ2) is 5.96. The number of allylic oxidation sites excluding steroid dienone is 3. The minimum atomic E-state index is 0.0876. The van der Waals surface area contributed by atoms with Crippen molar-refractivity contribution >= 4 is 0 Å². The van der Waals surface area contributed by atoms with Crippen LogP contribution >= 0.6 is 0 Å². The summed E-state index contributed by atoms with van der Waals surface area (Å²) in [5, 5.41) is 11.8. The molecule has 1 aromatic carbocycles. The van der Waals surface area contributed by atoms with Crippen molar-refractivity contribution in [3.05, 3.63) is 66.8 Å². The van der Waals surface area contributed by atoms with E-state index in [2.05, 4.69) is 19.7 Å². The van der Waals surface area contributed by atoms with Gasteiger partial charge in [-0.25, -0.2) is 0 Å². The number of rotatable bonds is 6. The molecule has 83 valence electrons. The minimum Gasteiger partial charge on any atom is -0.290 e. The van der Waals surface area contributed by atoms with Gasteiger partial charge in [0.05, 0.1) is 0 Å². The molecule has 0 bridgehead atoms. The van der Waals surface area contributed by atoms with E-state index in [-0.39, 0.29) is 5.75 Å². The summed E-state index contributed by atoms with van der Waals surface area (Å²) in [4.78, 5) is 0. The zero-order chi connectivity index (χ0) is 12.0. The fourth-order valence-corrected chi connectivity index (χ4v) is 1.83. The monoisotopic (exact) mass is 213 g/mol. The van der Waals surface area contributed by atoms with Gasteiger partial charge in [0.15, 0.2) is 5.75 Å². The third-order valence-electron chi connectivity index (χ3n) is 2.55. The van der Waals surface area contributed by atoms with Gasteiger partial charge in [0.25, 0.3) is 0 Å². The van der Waals surface area contributed by atoms with Crippen LogP contribution in [-0.2, 0) is 24.4 Å². The molecular formula is C15H17O. The summed E-state index contributed by atoms with van der Waals surface area (Å²) < 4.78 is 0. The lowest BCUT2D eigenvalue weighted by atomic mass is 9.93.